The molecule has 2 N–H and O–H groups in total. The van der Waals surface area contributed by atoms with Crippen molar-refractivity contribution in [2.45, 2.75) is 26.8 Å². The Bertz CT molecular complexity index is 524. The van der Waals surface area contributed by atoms with Crippen LogP contribution >= 0.6 is 15.9 Å². The fourth-order valence-electron chi connectivity index (χ4n) is 2.01. The molecule has 0 bridgehead atoms. The van der Waals surface area contributed by atoms with Crippen LogP contribution in [-0.4, -0.2) is 0 Å². The van der Waals surface area contributed by atoms with E-state index in [1.54, 1.807) is 0 Å². The van der Waals surface area contributed by atoms with Gasteiger partial charge >= 0.3 is 0 Å². The number of hydrogen-bond donors (Lipinski definition) is 1. The highest BCUT2D eigenvalue weighted by Crippen LogP contribution is 2.25. The van der Waals surface area contributed by atoms with Gasteiger partial charge in [0.1, 0.15) is 0 Å². The summed E-state index contributed by atoms with van der Waals surface area (Å²) in [5.74, 6) is 0. The molecule has 0 aliphatic heterocycles. The molecule has 2 heteroatoms. The Morgan fingerprint density at radius 1 is 0.833 bits per heavy atom. The molecular weight excluding hydrogens is 286 g/mol. The van der Waals surface area contributed by atoms with Gasteiger partial charge in [0.25, 0.3) is 0 Å². The van der Waals surface area contributed by atoms with Crippen molar-refractivity contribution in [1.82, 2.24) is 0 Å². The number of hydrogen-bond acceptors (Lipinski definition) is 1. The Balaban J connectivity index is 2.37. The zero-order valence-electron chi connectivity index (χ0n) is 11.0. The first-order valence-electron chi connectivity index (χ1n) is 6.08. The summed E-state index contributed by atoms with van der Waals surface area (Å²) in [7, 11) is 0. The summed E-state index contributed by atoms with van der Waals surface area (Å²) >= 11 is 3.52. The van der Waals surface area contributed by atoms with Gasteiger partial charge in [-0.15, -0.1) is 0 Å². The minimum Gasteiger partial charge on any atom is -0.320 e. The lowest BCUT2D eigenvalue weighted by Crippen LogP contribution is -2.12. The molecule has 0 saturated carbocycles. The predicted molar refractivity (Wildman–Crippen MR) is 80.8 cm³/mol. The highest BCUT2D eigenvalue weighted by atomic mass is 79.9. The van der Waals surface area contributed by atoms with Crippen LogP contribution in [0.2, 0.25) is 0 Å². The molecule has 0 fully saturated rings. The summed E-state index contributed by atoms with van der Waals surface area (Å²) in [5.41, 5.74) is 12.5. The Kier molecular flexibility index (Phi) is 3.88. The molecule has 0 radical (unpaired) electrons. The van der Waals surface area contributed by atoms with Gasteiger partial charge < -0.3 is 5.73 Å². The van der Waals surface area contributed by atoms with Crippen LogP contribution in [0.1, 0.15) is 33.9 Å². The highest BCUT2D eigenvalue weighted by molar-refractivity contribution is 9.10. The maximum atomic E-state index is 6.34. The monoisotopic (exact) mass is 303 g/mol. The first kappa shape index (κ1) is 13.3. The largest absolute Gasteiger partial charge is 0.320 e. The number of aryl methyl sites for hydroxylation is 3. The van der Waals surface area contributed by atoms with Gasteiger partial charge in [-0.05, 0) is 54.7 Å². The molecule has 18 heavy (non-hydrogen) atoms. The van der Waals surface area contributed by atoms with E-state index in [-0.39, 0.29) is 6.04 Å². The van der Waals surface area contributed by atoms with Gasteiger partial charge in [-0.2, -0.15) is 0 Å². The minimum atomic E-state index is -0.0592. The van der Waals surface area contributed by atoms with Gasteiger partial charge in [0, 0.05) is 4.47 Å². The topological polar surface area (TPSA) is 26.0 Å². The van der Waals surface area contributed by atoms with E-state index in [0.29, 0.717) is 0 Å². The van der Waals surface area contributed by atoms with Crippen LogP contribution in [0.15, 0.2) is 40.9 Å². The van der Waals surface area contributed by atoms with E-state index in [9.17, 15) is 0 Å². The van der Waals surface area contributed by atoms with Gasteiger partial charge in [0.15, 0.2) is 0 Å². The molecule has 0 saturated heterocycles. The van der Waals surface area contributed by atoms with E-state index < -0.39 is 0 Å². The van der Waals surface area contributed by atoms with Gasteiger partial charge in [-0.3, -0.25) is 0 Å². The molecule has 1 unspecified atom stereocenters. The Morgan fingerprint density at radius 2 is 1.39 bits per heavy atom. The lowest BCUT2D eigenvalue weighted by Gasteiger charge is -2.15. The Labute approximate surface area is 117 Å². The van der Waals surface area contributed by atoms with Crippen LogP contribution in [0.3, 0.4) is 0 Å². The fraction of sp³-hybridized carbons (Fsp3) is 0.250. The third kappa shape index (κ3) is 2.65. The molecule has 0 spiro atoms. The molecule has 2 aromatic rings. The molecule has 0 heterocycles. The molecule has 0 amide bonds. The van der Waals surface area contributed by atoms with E-state index in [0.717, 1.165) is 10.0 Å². The minimum absolute atomic E-state index is 0.0592. The molecule has 0 aliphatic rings. The summed E-state index contributed by atoms with van der Waals surface area (Å²) in [6.07, 6.45) is 0. The van der Waals surface area contributed by atoms with Gasteiger partial charge in [-0.25, -0.2) is 0 Å². The maximum absolute atomic E-state index is 6.34. The summed E-state index contributed by atoms with van der Waals surface area (Å²) < 4.78 is 1.12. The first-order chi connectivity index (χ1) is 8.49. The zero-order valence-corrected chi connectivity index (χ0v) is 12.6. The predicted octanol–water partition coefficient (Wildman–Crippen LogP) is 4.42. The van der Waals surface area contributed by atoms with Crippen LogP contribution in [-0.2, 0) is 0 Å². The second kappa shape index (κ2) is 5.25. The Morgan fingerprint density at radius 3 is 1.94 bits per heavy atom. The van der Waals surface area contributed by atoms with Gasteiger partial charge in [-0.1, -0.05) is 46.3 Å². The van der Waals surface area contributed by atoms with E-state index in [1.807, 2.05) is 0 Å². The molecule has 1 atom stereocenters. The Hall–Kier alpha value is -1.12. The van der Waals surface area contributed by atoms with E-state index in [1.165, 1.54) is 22.3 Å². The smallest absolute Gasteiger partial charge is 0.0551 e. The average molecular weight is 304 g/mol. The second-order valence-corrected chi connectivity index (χ2v) is 5.68. The number of rotatable bonds is 2. The number of nitrogens with two attached hydrogens (primary N) is 1. The quantitative estimate of drug-likeness (QED) is 0.873. The van der Waals surface area contributed by atoms with Crippen LogP contribution in [0.4, 0.5) is 0 Å². The highest BCUT2D eigenvalue weighted by Gasteiger charge is 2.10. The second-order valence-electron chi connectivity index (χ2n) is 4.83. The van der Waals surface area contributed by atoms with Crippen LogP contribution < -0.4 is 5.73 Å². The third-order valence-electron chi connectivity index (χ3n) is 3.43. The van der Waals surface area contributed by atoms with Crippen LogP contribution in [0.25, 0.3) is 0 Å². The molecule has 2 aromatic carbocycles. The standard InChI is InChI=1S/C16H18BrN/c1-10-4-5-13(8-11(10)2)16(18)14-6-7-15(17)12(3)9-14/h4-9,16H,18H2,1-3H3. The fourth-order valence-corrected chi connectivity index (χ4v) is 2.26. The molecule has 0 aliphatic carbocycles. The van der Waals surface area contributed by atoms with Crippen molar-refractivity contribution >= 4 is 15.9 Å². The summed E-state index contributed by atoms with van der Waals surface area (Å²) in [6, 6.07) is 12.7. The number of halogens is 1. The molecule has 94 valence electrons. The zero-order chi connectivity index (χ0) is 13.3. The van der Waals surface area contributed by atoms with Crippen molar-refractivity contribution in [3.8, 4) is 0 Å². The average Bonchev–Trinajstić information content (AvgIpc) is 2.35. The van der Waals surface area contributed by atoms with Crippen molar-refractivity contribution in [2.24, 2.45) is 5.73 Å². The molecule has 0 aromatic heterocycles. The normalized spacial score (nSPS) is 12.5. The van der Waals surface area contributed by atoms with Crippen molar-refractivity contribution in [2.75, 3.05) is 0 Å². The summed E-state index contributed by atoms with van der Waals surface area (Å²) in [4.78, 5) is 0. The van der Waals surface area contributed by atoms with Crippen molar-refractivity contribution in [3.05, 3.63) is 68.7 Å². The van der Waals surface area contributed by atoms with E-state index >= 15 is 0 Å². The molecule has 2 rings (SSSR count). The van der Waals surface area contributed by atoms with E-state index in [4.69, 9.17) is 5.73 Å². The third-order valence-corrected chi connectivity index (χ3v) is 4.32. The SMILES string of the molecule is Cc1ccc(C(N)c2ccc(Br)c(C)c2)cc1C. The molecule has 1 nitrogen and oxygen atoms in total. The summed E-state index contributed by atoms with van der Waals surface area (Å²) in [6.45, 7) is 6.33. The lowest BCUT2D eigenvalue weighted by molar-refractivity contribution is 0.866. The van der Waals surface area contributed by atoms with Crippen molar-refractivity contribution in [3.63, 3.8) is 0 Å². The van der Waals surface area contributed by atoms with E-state index in [2.05, 4.69) is 73.1 Å². The number of benzene rings is 2. The maximum Gasteiger partial charge on any atom is 0.0551 e. The lowest BCUT2D eigenvalue weighted by atomic mass is 9.95. The van der Waals surface area contributed by atoms with Crippen molar-refractivity contribution < 1.29 is 0 Å². The van der Waals surface area contributed by atoms with Crippen molar-refractivity contribution in [1.29, 1.82) is 0 Å². The van der Waals surface area contributed by atoms with Gasteiger partial charge in [0.05, 0.1) is 6.04 Å². The molecular formula is C16H18BrN. The van der Waals surface area contributed by atoms with Crippen LogP contribution in [0.5, 0.6) is 0 Å². The first-order valence-corrected chi connectivity index (χ1v) is 6.87. The summed E-state index contributed by atoms with van der Waals surface area (Å²) in [5, 5.41) is 0. The van der Waals surface area contributed by atoms with Gasteiger partial charge in [0.2, 0.25) is 0 Å². The van der Waals surface area contributed by atoms with Crippen LogP contribution in [0, 0.1) is 20.8 Å².